The van der Waals surface area contributed by atoms with Gasteiger partial charge in [0.05, 0.1) is 34.9 Å². The first-order valence-corrected chi connectivity index (χ1v) is 15.8. The number of fused-ring (bicyclic) bond motifs is 1. The number of aryl methyl sites for hydroxylation is 1. The second-order valence-electron chi connectivity index (χ2n) is 9.16. The minimum absolute atomic E-state index is 0.0952. The SMILES string of the molecule is COC(=O)CCS(=O)(=O)c1cc(C2=CCN(S(=O)(=O)C(C)C)CC2)c2c(c1)c(-c1nnc(C(F)F)s1)nn2C. The van der Waals surface area contributed by atoms with Gasteiger partial charge in [0, 0.05) is 31.1 Å². The third-order valence-electron chi connectivity index (χ3n) is 6.38. The number of halogens is 2. The van der Waals surface area contributed by atoms with Gasteiger partial charge in [-0.25, -0.2) is 25.6 Å². The van der Waals surface area contributed by atoms with Crippen LogP contribution in [-0.2, 0) is 36.4 Å². The number of alkyl halides is 2. The van der Waals surface area contributed by atoms with Gasteiger partial charge in [0.1, 0.15) is 5.69 Å². The Kier molecular flexibility index (Phi) is 8.21. The molecule has 3 aromatic rings. The summed E-state index contributed by atoms with van der Waals surface area (Å²) in [6, 6.07) is 2.86. The standard InChI is InChI=1S/C23H27F2N5O6S3/c1-13(2)39(34,35)30-8-5-14(6-9-30)16-11-15(38(32,33)10-7-18(31)36-4)12-17-19(28-29(3)20(16)17)22-26-27-23(37-22)21(24)25/h5,11-13,21H,6-10H2,1-4H3. The Morgan fingerprint density at radius 3 is 2.46 bits per heavy atom. The van der Waals surface area contributed by atoms with Gasteiger partial charge in [-0.1, -0.05) is 17.4 Å². The highest BCUT2D eigenvalue weighted by molar-refractivity contribution is 7.91. The molecule has 0 radical (unpaired) electrons. The molecule has 0 N–H and O–H groups in total. The van der Waals surface area contributed by atoms with Crippen molar-refractivity contribution in [3.63, 3.8) is 0 Å². The van der Waals surface area contributed by atoms with E-state index in [1.165, 1.54) is 21.1 Å². The molecule has 0 spiro atoms. The van der Waals surface area contributed by atoms with E-state index in [0.29, 0.717) is 39.8 Å². The number of rotatable bonds is 9. The molecule has 0 atom stereocenters. The summed E-state index contributed by atoms with van der Waals surface area (Å²) in [5, 5.41) is 11.2. The molecule has 0 aliphatic carbocycles. The summed E-state index contributed by atoms with van der Waals surface area (Å²) >= 11 is 0.653. The van der Waals surface area contributed by atoms with Crippen molar-refractivity contribution in [1.29, 1.82) is 0 Å². The van der Waals surface area contributed by atoms with Crippen molar-refractivity contribution in [2.45, 2.75) is 43.3 Å². The van der Waals surface area contributed by atoms with E-state index in [0.717, 1.165) is 7.11 Å². The molecule has 1 aliphatic heterocycles. The number of methoxy groups -OCH3 is 1. The summed E-state index contributed by atoms with van der Waals surface area (Å²) in [7, 11) is -4.68. The van der Waals surface area contributed by atoms with Crippen LogP contribution < -0.4 is 0 Å². The maximum Gasteiger partial charge on any atom is 0.306 e. The van der Waals surface area contributed by atoms with Crippen molar-refractivity contribution in [2.75, 3.05) is 26.0 Å². The number of hydrogen-bond donors (Lipinski definition) is 0. The molecule has 0 fully saturated rings. The number of sulfonamides is 1. The van der Waals surface area contributed by atoms with Gasteiger partial charge in [0.25, 0.3) is 6.43 Å². The molecular formula is C23H27F2N5O6S3. The number of hydrogen-bond acceptors (Lipinski definition) is 10. The summed E-state index contributed by atoms with van der Waals surface area (Å²) in [5.41, 5.74) is 1.92. The minimum Gasteiger partial charge on any atom is -0.469 e. The Hall–Kier alpha value is -2.82. The van der Waals surface area contributed by atoms with Gasteiger partial charge in [-0.2, -0.15) is 9.40 Å². The van der Waals surface area contributed by atoms with Crippen molar-refractivity contribution in [3.05, 3.63) is 28.8 Å². The fourth-order valence-electron chi connectivity index (χ4n) is 4.25. The van der Waals surface area contributed by atoms with Crippen LogP contribution in [0, 0.1) is 0 Å². The van der Waals surface area contributed by atoms with Crippen LogP contribution in [0.2, 0.25) is 0 Å². The Labute approximate surface area is 228 Å². The van der Waals surface area contributed by atoms with Crippen LogP contribution in [0.5, 0.6) is 0 Å². The molecule has 0 bridgehead atoms. The van der Waals surface area contributed by atoms with Crippen LogP contribution in [0.3, 0.4) is 0 Å². The van der Waals surface area contributed by atoms with Crippen molar-refractivity contribution in [1.82, 2.24) is 24.3 Å². The average Bonchev–Trinajstić information content (AvgIpc) is 3.52. The smallest absolute Gasteiger partial charge is 0.306 e. The Morgan fingerprint density at radius 2 is 1.90 bits per heavy atom. The Balaban J connectivity index is 1.88. The maximum atomic E-state index is 13.3. The molecule has 1 aliphatic rings. The number of nitrogens with zero attached hydrogens (tertiary/aromatic N) is 5. The van der Waals surface area contributed by atoms with Gasteiger partial charge >= 0.3 is 5.97 Å². The van der Waals surface area contributed by atoms with E-state index in [9.17, 15) is 30.4 Å². The largest absolute Gasteiger partial charge is 0.469 e. The van der Waals surface area contributed by atoms with Crippen LogP contribution in [0.25, 0.3) is 27.2 Å². The zero-order valence-corrected chi connectivity index (χ0v) is 24.0. The Bertz CT molecular complexity index is 1660. The van der Waals surface area contributed by atoms with E-state index in [-0.39, 0.29) is 35.1 Å². The first kappa shape index (κ1) is 29.2. The molecule has 0 unspecified atom stereocenters. The number of carbonyl (C=O) groups is 1. The highest BCUT2D eigenvalue weighted by Crippen LogP contribution is 2.39. The molecule has 39 heavy (non-hydrogen) atoms. The van der Waals surface area contributed by atoms with Gasteiger partial charge in [-0.15, -0.1) is 10.2 Å². The van der Waals surface area contributed by atoms with Crippen LogP contribution >= 0.6 is 11.3 Å². The molecule has 0 saturated carbocycles. The quantitative estimate of drug-likeness (QED) is 0.337. The first-order valence-electron chi connectivity index (χ1n) is 11.9. The van der Waals surface area contributed by atoms with Crippen LogP contribution in [-0.4, -0.2) is 78.3 Å². The first-order chi connectivity index (χ1) is 18.3. The van der Waals surface area contributed by atoms with E-state index in [1.807, 2.05) is 0 Å². The highest BCUT2D eigenvalue weighted by Gasteiger charge is 2.30. The third-order valence-corrected chi connectivity index (χ3v) is 11.3. The van der Waals surface area contributed by atoms with E-state index < -0.39 is 48.3 Å². The molecule has 0 saturated heterocycles. The maximum absolute atomic E-state index is 13.3. The summed E-state index contributed by atoms with van der Waals surface area (Å²) in [6.07, 6.45) is -1.14. The number of ether oxygens (including phenoxy) is 1. The second-order valence-corrected chi connectivity index (χ2v) is 14.8. The summed E-state index contributed by atoms with van der Waals surface area (Å²) < 4.78 is 85.7. The predicted octanol–water partition coefficient (Wildman–Crippen LogP) is 3.19. The summed E-state index contributed by atoms with van der Waals surface area (Å²) in [6.45, 7) is 3.51. The van der Waals surface area contributed by atoms with Gasteiger partial charge in [-0.3, -0.25) is 9.48 Å². The highest BCUT2D eigenvalue weighted by atomic mass is 32.2. The lowest BCUT2D eigenvalue weighted by Gasteiger charge is -2.28. The summed E-state index contributed by atoms with van der Waals surface area (Å²) in [5.74, 6) is -1.19. The molecule has 3 heterocycles. The number of esters is 1. The van der Waals surface area contributed by atoms with Gasteiger partial charge in [-0.05, 0) is 38.0 Å². The molecule has 16 heteroatoms. The monoisotopic (exact) mass is 603 g/mol. The summed E-state index contributed by atoms with van der Waals surface area (Å²) in [4.78, 5) is 11.5. The fraction of sp³-hybridized carbons (Fsp3) is 0.478. The molecule has 1 aromatic carbocycles. The molecular weight excluding hydrogens is 576 g/mol. The number of aromatic nitrogens is 4. The lowest BCUT2D eigenvalue weighted by molar-refractivity contribution is -0.140. The lowest BCUT2D eigenvalue weighted by Crippen LogP contribution is -2.39. The van der Waals surface area contributed by atoms with E-state index in [4.69, 9.17) is 0 Å². The topological polar surface area (TPSA) is 141 Å². The number of sulfone groups is 1. The van der Waals surface area contributed by atoms with Crippen molar-refractivity contribution in [2.24, 2.45) is 7.05 Å². The van der Waals surface area contributed by atoms with E-state index in [1.54, 1.807) is 27.0 Å². The molecule has 11 nitrogen and oxygen atoms in total. The minimum atomic E-state index is -3.99. The van der Waals surface area contributed by atoms with E-state index >= 15 is 0 Å². The van der Waals surface area contributed by atoms with Crippen LogP contribution in [0.15, 0.2) is 23.1 Å². The zero-order chi connectivity index (χ0) is 28.7. The van der Waals surface area contributed by atoms with E-state index in [2.05, 4.69) is 20.0 Å². The van der Waals surface area contributed by atoms with Crippen molar-refractivity contribution in [3.8, 4) is 10.7 Å². The molecule has 4 rings (SSSR count). The van der Waals surface area contributed by atoms with Gasteiger partial charge < -0.3 is 4.74 Å². The van der Waals surface area contributed by atoms with Crippen LogP contribution in [0.4, 0.5) is 8.78 Å². The average molecular weight is 604 g/mol. The fourth-order valence-corrected chi connectivity index (χ4v) is 7.44. The normalized spacial score (nSPS) is 15.3. The predicted molar refractivity (Wildman–Crippen MR) is 141 cm³/mol. The number of carbonyl (C=O) groups excluding carboxylic acids is 1. The van der Waals surface area contributed by atoms with Gasteiger partial charge in [0.2, 0.25) is 10.0 Å². The Morgan fingerprint density at radius 1 is 1.18 bits per heavy atom. The van der Waals surface area contributed by atoms with Crippen molar-refractivity contribution >= 4 is 53.6 Å². The number of benzene rings is 1. The molecule has 2 aromatic heterocycles. The lowest BCUT2D eigenvalue weighted by atomic mass is 9.97. The van der Waals surface area contributed by atoms with Gasteiger partial charge in [0.15, 0.2) is 19.9 Å². The zero-order valence-electron chi connectivity index (χ0n) is 21.6. The second kappa shape index (κ2) is 11.0. The molecule has 0 amide bonds. The van der Waals surface area contributed by atoms with Crippen LogP contribution in [0.1, 0.15) is 43.7 Å². The van der Waals surface area contributed by atoms with Crippen molar-refractivity contribution < 1.29 is 35.1 Å². The molecule has 212 valence electrons. The third kappa shape index (κ3) is 5.73.